The van der Waals surface area contributed by atoms with Crippen molar-refractivity contribution in [2.75, 3.05) is 38.2 Å². The van der Waals surface area contributed by atoms with Crippen LogP contribution in [0, 0.1) is 6.92 Å². The van der Waals surface area contributed by atoms with E-state index in [0.29, 0.717) is 36.6 Å². The quantitative estimate of drug-likeness (QED) is 0.768. The minimum Gasteiger partial charge on any atom is -0.465 e. The number of aryl methyl sites for hydroxylation is 1. The van der Waals surface area contributed by atoms with Gasteiger partial charge in [-0.05, 0) is 36.8 Å². The fourth-order valence-electron chi connectivity index (χ4n) is 3.12. The molecule has 1 aliphatic heterocycles. The van der Waals surface area contributed by atoms with Crippen LogP contribution in [0.3, 0.4) is 0 Å². The van der Waals surface area contributed by atoms with Gasteiger partial charge in [0.2, 0.25) is 10.0 Å². The topological polar surface area (TPSA) is 66.9 Å². The average Bonchev–Trinajstić information content (AvgIpc) is 2.67. The largest absolute Gasteiger partial charge is 0.465 e. The van der Waals surface area contributed by atoms with E-state index in [4.69, 9.17) is 4.74 Å². The van der Waals surface area contributed by atoms with E-state index >= 15 is 0 Å². The Kier molecular flexibility index (Phi) is 5.29. The van der Waals surface area contributed by atoms with Crippen molar-refractivity contribution in [1.82, 2.24) is 4.31 Å². The highest BCUT2D eigenvalue weighted by Gasteiger charge is 2.29. The van der Waals surface area contributed by atoms with E-state index in [-0.39, 0.29) is 5.97 Å². The average molecular weight is 374 g/mol. The molecule has 0 spiro atoms. The number of ether oxygens (including phenoxy) is 1. The summed E-state index contributed by atoms with van der Waals surface area (Å²) in [4.78, 5) is 14.1. The van der Waals surface area contributed by atoms with Gasteiger partial charge in [0, 0.05) is 31.9 Å². The first-order chi connectivity index (χ1) is 12.4. The molecule has 2 aromatic carbocycles. The van der Waals surface area contributed by atoms with Gasteiger partial charge in [0.15, 0.2) is 0 Å². The normalized spacial score (nSPS) is 15.7. The van der Waals surface area contributed by atoms with Crippen LogP contribution >= 0.6 is 0 Å². The Morgan fingerprint density at radius 3 is 2.35 bits per heavy atom. The van der Waals surface area contributed by atoms with Gasteiger partial charge in [0.05, 0.1) is 17.6 Å². The van der Waals surface area contributed by atoms with Gasteiger partial charge in [-0.15, -0.1) is 0 Å². The van der Waals surface area contributed by atoms with Crippen LogP contribution in [0.5, 0.6) is 0 Å². The maximum atomic E-state index is 12.9. The van der Waals surface area contributed by atoms with Crippen LogP contribution in [-0.4, -0.2) is 52.0 Å². The fraction of sp³-hybridized carbons (Fsp3) is 0.316. The van der Waals surface area contributed by atoms with E-state index in [9.17, 15) is 13.2 Å². The van der Waals surface area contributed by atoms with E-state index in [1.807, 2.05) is 12.1 Å². The Balaban J connectivity index is 1.74. The van der Waals surface area contributed by atoms with Gasteiger partial charge in [0.1, 0.15) is 0 Å². The smallest absolute Gasteiger partial charge is 0.337 e. The molecule has 0 unspecified atom stereocenters. The van der Waals surface area contributed by atoms with Gasteiger partial charge in [-0.1, -0.05) is 24.3 Å². The second kappa shape index (κ2) is 7.47. The summed E-state index contributed by atoms with van der Waals surface area (Å²) in [7, 11) is -2.14. The molecule has 6 nitrogen and oxygen atoms in total. The number of rotatable bonds is 4. The molecule has 0 amide bonds. The number of carbonyl (C=O) groups excluding carboxylic acids is 1. The van der Waals surface area contributed by atoms with Crippen LogP contribution in [0.25, 0.3) is 0 Å². The first kappa shape index (κ1) is 18.4. The molecule has 7 heteroatoms. The van der Waals surface area contributed by atoms with Crippen LogP contribution in [-0.2, 0) is 14.8 Å². The first-order valence-corrected chi connectivity index (χ1v) is 9.86. The molecule has 1 heterocycles. The van der Waals surface area contributed by atoms with Crippen LogP contribution in [0.2, 0.25) is 0 Å². The van der Waals surface area contributed by atoms with Gasteiger partial charge in [-0.2, -0.15) is 4.31 Å². The number of piperazine rings is 1. The number of carbonyl (C=O) groups is 1. The minimum absolute atomic E-state index is 0.362. The molecule has 1 saturated heterocycles. The van der Waals surface area contributed by atoms with Crippen LogP contribution in [0.4, 0.5) is 5.69 Å². The highest BCUT2D eigenvalue weighted by atomic mass is 32.2. The van der Waals surface area contributed by atoms with Crippen molar-refractivity contribution in [3.8, 4) is 0 Å². The monoisotopic (exact) mass is 374 g/mol. The second-order valence-corrected chi connectivity index (χ2v) is 8.10. The van der Waals surface area contributed by atoms with Gasteiger partial charge in [-0.3, -0.25) is 0 Å². The summed E-state index contributed by atoms with van der Waals surface area (Å²) in [5, 5.41) is 0. The molecule has 1 aliphatic rings. The number of esters is 1. The lowest BCUT2D eigenvalue weighted by Gasteiger charge is -2.35. The Morgan fingerprint density at radius 2 is 1.69 bits per heavy atom. The highest BCUT2D eigenvalue weighted by Crippen LogP contribution is 2.23. The lowest BCUT2D eigenvalue weighted by atomic mass is 10.2. The van der Waals surface area contributed by atoms with Gasteiger partial charge in [-0.25, -0.2) is 13.2 Å². The van der Waals surface area contributed by atoms with Gasteiger partial charge in [0.25, 0.3) is 0 Å². The van der Waals surface area contributed by atoms with Crippen LogP contribution < -0.4 is 4.90 Å². The maximum Gasteiger partial charge on any atom is 0.337 e. The number of sulfonamides is 1. The second-order valence-electron chi connectivity index (χ2n) is 6.20. The van der Waals surface area contributed by atoms with Gasteiger partial charge >= 0.3 is 5.97 Å². The van der Waals surface area contributed by atoms with E-state index in [0.717, 1.165) is 11.3 Å². The molecule has 3 rings (SSSR count). The third-order valence-corrected chi connectivity index (χ3v) is 6.64. The first-order valence-electron chi connectivity index (χ1n) is 8.42. The Morgan fingerprint density at radius 1 is 1.00 bits per heavy atom. The van der Waals surface area contributed by atoms with Crippen molar-refractivity contribution < 1.29 is 17.9 Å². The van der Waals surface area contributed by atoms with Crippen molar-refractivity contribution >= 4 is 21.7 Å². The molecule has 0 bridgehead atoms. The predicted octanol–water partition coefficient (Wildman–Crippen LogP) is 2.29. The van der Waals surface area contributed by atoms with E-state index in [1.54, 1.807) is 43.3 Å². The zero-order valence-corrected chi connectivity index (χ0v) is 15.7. The Bertz CT molecular complexity index is 903. The zero-order valence-electron chi connectivity index (χ0n) is 14.9. The van der Waals surface area contributed by atoms with Crippen molar-refractivity contribution in [1.29, 1.82) is 0 Å². The number of benzene rings is 2. The summed E-state index contributed by atoms with van der Waals surface area (Å²) in [6.45, 7) is 3.74. The summed E-state index contributed by atoms with van der Waals surface area (Å²) in [6.07, 6.45) is 0. The lowest BCUT2D eigenvalue weighted by molar-refractivity contribution is 0.0600. The van der Waals surface area contributed by atoms with E-state index in [1.165, 1.54) is 11.4 Å². The Hall–Kier alpha value is -2.38. The maximum absolute atomic E-state index is 12.9. The molecule has 0 atom stereocenters. The lowest BCUT2D eigenvalue weighted by Crippen LogP contribution is -2.48. The highest BCUT2D eigenvalue weighted by molar-refractivity contribution is 7.89. The third-order valence-electron chi connectivity index (χ3n) is 4.58. The minimum atomic E-state index is -3.49. The molecule has 0 aliphatic carbocycles. The van der Waals surface area contributed by atoms with Crippen molar-refractivity contribution in [2.24, 2.45) is 0 Å². The van der Waals surface area contributed by atoms with E-state index in [2.05, 4.69) is 4.90 Å². The summed E-state index contributed by atoms with van der Waals surface area (Å²) in [5.41, 5.74) is 2.13. The molecule has 2 aromatic rings. The summed E-state index contributed by atoms with van der Waals surface area (Å²) in [6, 6.07) is 14.2. The molecule has 26 heavy (non-hydrogen) atoms. The Labute approximate surface area is 154 Å². The molecular formula is C19H22N2O4S. The standard InChI is InChI=1S/C19H22N2O4S/c1-15-6-3-4-9-18(15)26(23,24)21-12-10-20(11-13-21)17-8-5-7-16(14-17)19(22)25-2/h3-9,14H,10-13H2,1-2H3. The fourth-order valence-corrected chi connectivity index (χ4v) is 4.77. The third kappa shape index (κ3) is 3.59. The zero-order chi connectivity index (χ0) is 18.7. The van der Waals surface area contributed by atoms with Crippen molar-refractivity contribution in [3.05, 3.63) is 59.7 Å². The molecular weight excluding hydrogens is 352 g/mol. The number of anilines is 1. The summed E-state index contributed by atoms with van der Waals surface area (Å²) >= 11 is 0. The number of methoxy groups -OCH3 is 1. The molecule has 0 aromatic heterocycles. The SMILES string of the molecule is COC(=O)c1cccc(N2CCN(S(=O)(=O)c3ccccc3C)CC2)c1. The van der Waals surface area contributed by atoms with Crippen LogP contribution in [0.1, 0.15) is 15.9 Å². The van der Waals surface area contributed by atoms with Crippen molar-refractivity contribution in [2.45, 2.75) is 11.8 Å². The van der Waals surface area contributed by atoms with Gasteiger partial charge < -0.3 is 9.64 Å². The van der Waals surface area contributed by atoms with E-state index < -0.39 is 10.0 Å². The number of hydrogen-bond donors (Lipinski definition) is 0. The molecule has 0 N–H and O–H groups in total. The predicted molar refractivity (Wildman–Crippen MR) is 99.9 cm³/mol. The molecule has 0 radical (unpaired) electrons. The van der Waals surface area contributed by atoms with Crippen molar-refractivity contribution in [3.63, 3.8) is 0 Å². The number of hydrogen-bond acceptors (Lipinski definition) is 5. The van der Waals surface area contributed by atoms with Crippen LogP contribution in [0.15, 0.2) is 53.4 Å². The summed E-state index contributed by atoms with van der Waals surface area (Å²) in [5.74, 6) is -0.382. The molecule has 138 valence electrons. The molecule has 1 fully saturated rings. The summed E-state index contributed by atoms with van der Waals surface area (Å²) < 4.78 is 32.0. The number of nitrogens with zero attached hydrogens (tertiary/aromatic N) is 2. The molecule has 0 saturated carbocycles.